The van der Waals surface area contributed by atoms with Gasteiger partial charge in [-0.1, -0.05) is 30.3 Å². The van der Waals surface area contributed by atoms with Gasteiger partial charge in [0.25, 0.3) is 0 Å². The highest BCUT2D eigenvalue weighted by Crippen LogP contribution is 2.42. The molecular formula is C31H37FN4O4. The highest BCUT2D eigenvalue weighted by Gasteiger charge is 2.49. The van der Waals surface area contributed by atoms with Crippen LogP contribution in [0.25, 0.3) is 0 Å². The lowest BCUT2D eigenvalue weighted by Gasteiger charge is -2.40. The van der Waals surface area contributed by atoms with Crippen LogP contribution in [0, 0.1) is 17.7 Å². The Bertz CT molecular complexity index is 1290. The number of hydrazine groups is 1. The molecule has 1 amide bonds. The van der Waals surface area contributed by atoms with Crippen molar-refractivity contribution in [2.75, 3.05) is 27.4 Å². The Morgan fingerprint density at radius 3 is 2.38 bits per heavy atom. The number of benzene rings is 3. The SMILES string of the molecule is CCOc1ccc(C2CC(C(=O)NCCc3ccc(OC)c(OC)c3)C3C(NNC3c3ccc(F)cc3)N2)cc1. The Morgan fingerprint density at radius 2 is 1.68 bits per heavy atom. The summed E-state index contributed by atoms with van der Waals surface area (Å²) in [7, 11) is 3.22. The van der Waals surface area contributed by atoms with Crippen molar-refractivity contribution in [3.05, 3.63) is 89.2 Å². The number of carbonyl (C=O) groups is 1. The second-order valence-electron chi connectivity index (χ2n) is 10.2. The number of rotatable bonds is 10. The number of amides is 1. The number of methoxy groups -OCH3 is 2. The molecule has 5 unspecified atom stereocenters. The quantitative estimate of drug-likeness (QED) is 0.304. The van der Waals surface area contributed by atoms with Gasteiger partial charge in [0.05, 0.1) is 33.0 Å². The highest BCUT2D eigenvalue weighted by molar-refractivity contribution is 5.79. The van der Waals surface area contributed by atoms with Crippen LogP contribution in [0.4, 0.5) is 4.39 Å². The molecule has 4 N–H and O–H groups in total. The minimum Gasteiger partial charge on any atom is -0.494 e. The summed E-state index contributed by atoms with van der Waals surface area (Å²) >= 11 is 0. The van der Waals surface area contributed by atoms with E-state index in [1.54, 1.807) is 26.4 Å². The van der Waals surface area contributed by atoms with E-state index in [4.69, 9.17) is 14.2 Å². The lowest BCUT2D eigenvalue weighted by molar-refractivity contribution is -0.128. The summed E-state index contributed by atoms with van der Waals surface area (Å²) in [4.78, 5) is 13.8. The van der Waals surface area contributed by atoms with Gasteiger partial charge in [-0.2, -0.15) is 0 Å². The van der Waals surface area contributed by atoms with Crippen molar-refractivity contribution in [3.63, 3.8) is 0 Å². The second kappa shape index (κ2) is 12.7. The lowest BCUT2D eigenvalue weighted by Crippen LogP contribution is -2.54. The molecule has 0 radical (unpaired) electrons. The molecular weight excluding hydrogens is 511 g/mol. The van der Waals surface area contributed by atoms with Gasteiger partial charge in [-0.25, -0.2) is 15.2 Å². The number of hydrogen-bond acceptors (Lipinski definition) is 7. The summed E-state index contributed by atoms with van der Waals surface area (Å²) < 4.78 is 30.0. The molecule has 5 rings (SSSR count). The molecule has 40 heavy (non-hydrogen) atoms. The van der Waals surface area contributed by atoms with E-state index in [9.17, 15) is 9.18 Å². The van der Waals surface area contributed by atoms with E-state index >= 15 is 0 Å². The molecule has 2 fully saturated rings. The van der Waals surface area contributed by atoms with Crippen LogP contribution in [0.5, 0.6) is 17.2 Å². The third-order valence-corrected chi connectivity index (χ3v) is 7.82. The van der Waals surface area contributed by atoms with E-state index in [-0.39, 0.29) is 41.8 Å². The first kappa shape index (κ1) is 27.9. The molecule has 9 heteroatoms. The molecule has 2 saturated heterocycles. The second-order valence-corrected chi connectivity index (χ2v) is 10.2. The summed E-state index contributed by atoms with van der Waals surface area (Å²) in [6.07, 6.45) is 1.13. The van der Waals surface area contributed by atoms with Crippen LogP contribution < -0.4 is 35.7 Å². The normalized spacial score (nSPS) is 23.8. The van der Waals surface area contributed by atoms with Gasteiger partial charge in [0.1, 0.15) is 11.6 Å². The van der Waals surface area contributed by atoms with Gasteiger partial charge in [-0.05, 0) is 72.9 Å². The van der Waals surface area contributed by atoms with E-state index < -0.39 is 0 Å². The first-order valence-corrected chi connectivity index (χ1v) is 13.7. The summed E-state index contributed by atoms with van der Waals surface area (Å²) in [6.45, 7) is 3.06. The summed E-state index contributed by atoms with van der Waals surface area (Å²) in [5.41, 5.74) is 9.79. The van der Waals surface area contributed by atoms with Crippen molar-refractivity contribution in [3.8, 4) is 17.2 Å². The van der Waals surface area contributed by atoms with E-state index in [0.717, 1.165) is 22.4 Å². The third-order valence-electron chi connectivity index (χ3n) is 7.82. The number of carbonyl (C=O) groups excluding carboxylic acids is 1. The molecule has 3 aromatic carbocycles. The molecule has 0 aromatic heterocycles. The van der Waals surface area contributed by atoms with E-state index in [1.807, 2.05) is 37.3 Å². The first-order chi connectivity index (χ1) is 19.5. The van der Waals surface area contributed by atoms with Crippen LogP contribution in [-0.4, -0.2) is 39.4 Å². The molecule has 8 nitrogen and oxygen atoms in total. The molecule has 2 heterocycles. The zero-order valence-corrected chi connectivity index (χ0v) is 23.1. The lowest BCUT2D eigenvalue weighted by atomic mass is 9.74. The van der Waals surface area contributed by atoms with Crippen LogP contribution in [-0.2, 0) is 11.2 Å². The van der Waals surface area contributed by atoms with Gasteiger partial charge in [-0.3, -0.25) is 10.1 Å². The standard InChI is InChI=1S/C31H37FN4O4/c1-4-40-23-12-8-20(9-13-23)25-18-24(28-29(35-36-30(28)34-25)21-6-10-22(32)11-7-21)31(37)33-16-15-19-5-14-26(38-2)27(17-19)39-3/h5-14,17,24-25,28-30,34-36H,4,15-16,18H2,1-3H3,(H,33,37). The molecule has 0 saturated carbocycles. The number of piperidine rings is 1. The Kier molecular flexibility index (Phi) is 8.84. The van der Waals surface area contributed by atoms with Crippen molar-refractivity contribution in [2.24, 2.45) is 11.8 Å². The van der Waals surface area contributed by atoms with E-state index in [2.05, 4.69) is 33.6 Å². The predicted molar refractivity (Wildman–Crippen MR) is 151 cm³/mol. The van der Waals surface area contributed by atoms with Gasteiger partial charge in [0, 0.05) is 24.4 Å². The van der Waals surface area contributed by atoms with Gasteiger partial charge in [0.15, 0.2) is 11.5 Å². The van der Waals surface area contributed by atoms with Crippen LogP contribution in [0.2, 0.25) is 0 Å². The Morgan fingerprint density at radius 1 is 0.950 bits per heavy atom. The largest absolute Gasteiger partial charge is 0.494 e. The fourth-order valence-electron chi connectivity index (χ4n) is 5.83. The topological polar surface area (TPSA) is 92.9 Å². The maximum absolute atomic E-state index is 13.8. The smallest absolute Gasteiger partial charge is 0.223 e. The molecule has 0 aliphatic carbocycles. The average molecular weight is 549 g/mol. The molecule has 2 aliphatic rings. The monoisotopic (exact) mass is 548 g/mol. The Hall–Kier alpha value is -3.66. The van der Waals surface area contributed by atoms with Gasteiger partial charge >= 0.3 is 0 Å². The van der Waals surface area contributed by atoms with Gasteiger partial charge in [-0.15, -0.1) is 0 Å². The van der Waals surface area contributed by atoms with Crippen LogP contribution in [0.15, 0.2) is 66.7 Å². The zero-order chi connectivity index (χ0) is 28.1. The van der Waals surface area contributed by atoms with Crippen molar-refractivity contribution < 1.29 is 23.4 Å². The molecule has 0 bridgehead atoms. The first-order valence-electron chi connectivity index (χ1n) is 13.7. The molecule has 0 spiro atoms. The van der Waals surface area contributed by atoms with Gasteiger partial charge in [0.2, 0.25) is 5.91 Å². The predicted octanol–water partition coefficient (Wildman–Crippen LogP) is 4.04. The zero-order valence-electron chi connectivity index (χ0n) is 23.1. The maximum Gasteiger partial charge on any atom is 0.223 e. The van der Waals surface area contributed by atoms with E-state index in [0.29, 0.717) is 37.5 Å². The number of fused-ring (bicyclic) bond motifs is 1. The maximum atomic E-state index is 13.8. The Balaban J connectivity index is 1.33. The average Bonchev–Trinajstić information content (AvgIpc) is 3.41. The Labute approximate surface area is 234 Å². The van der Waals surface area contributed by atoms with Crippen LogP contribution in [0.3, 0.4) is 0 Å². The number of hydrogen-bond donors (Lipinski definition) is 4. The summed E-state index contributed by atoms with van der Waals surface area (Å²) in [5.74, 6) is 1.51. The van der Waals surface area contributed by atoms with Crippen molar-refractivity contribution in [2.45, 2.75) is 38.0 Å². The van der Waals surface area contributed by atoms with Crippen LogP contribution in [0.1, 0.15) is 42.1 Å². The van der Waals surface area contributed by atoms with Crippen molar-refractivity contribution in [1.82, 2.24) is 21.5 Å². The summed E-state index contributed by atoms with van der Waals surface area (Å²) in [5, 5.41) is 6.87. The number of ether oxygens (including phenoxy) is 3. The fourth-order valence-corrected chi connectivity index (χ4v) is 5.83. The van der Waals surface area contributed by atoms with Crippen LogP contribution >= 0.6 is 0 Å². The molecule has 3 aromatic rings. The highest BCUT2D eigenvalue weighted by atomic mass is 19.1. The number of nitrogens with one attached hydrogen (secondary N) is 4. The minimum atomic E-state index is -0.286. The number of halogens is 1. The molecule has 2 aliphatic heterocycles. The van der Waals surface area contributed by atoms with Gasteiger partial charge < -0.3 is 19.5 Å². The molecule has 212 valence electrons. The van der Waals surface area contributed by atoms with Crippen molar-refractivity contribution in [1.29, 1.82) is 0 Å². The fraction of sp³-hybridized carbons (Fsp3) is 0.387. The van der Waals surface area contributed by atoms with Crippen molar-refractivity contribution >= 4 is 5.91 Å². The van der Waals surface area contributed by atoms with E-state index in [1.165, 1.54) is 12.1 Å². The molecule has 5 atom stereocenters. The summed E-state index contributed by atoms with van der Waals surface area (Å²) in [6, 6.07) is 20.1. The minimum absolute atomic E-state index is 0.00512. The third kappa shape index (κ3) is 6.06.